The maximum Gasteiger partial charge on any atom is 0.293 e. The minimum atomic E-state index is -0.642. The number of hydrogen-bond acceptors (Lipinski definition) is 7. The lowest BCUT2D eigenvalue weighted by Crippen LogP contribution is -2.42. The summed E-state index contributed by atoms with van der Waals surface area (Å²) in [6.07, 6.45) is 6.38. The Morgan fingerprint density at radius 3 is 3.04 bits per heavy atom. The third-order valence-corrected chi connectivity index (χ3v) is 4.66. The van der Waals surface area contributed by atoms with Crippen molar-refractivity contribution >= 4 is 23.6 Å². The third-order valence-electron chi connectivity index (χ3n) is 4.43. The molecule has 3 aromatic heterocycles. The van der Waals surface area contributed by atoms with Crippen molar-refractivity contribution in [2.45, 2.75) is 12.5 Å². The number of rotatable bonds is 3. The first-order valence-electron chi connectivity index (χ1n) is 8.33. The van der Waals surface area contributed by atoms with Crippen LogP contribution in [-0.4, -0.2) is 37.3 Å². The van der Waals surface area contributed by atoms with Crippen LogP contribution in [0.15, 0.2) is 41.2 Å². The highest BCUT2D eigenvalue weighted by molar-refractivity contribution is 6.30. The third kappa shape index (κ3) is 3.10. The molecule has 0 aliphatic carbocycles. The van der Waals surface area contributed by atoms with Crippen LogP contribution in [0.25, 0.3) is 6.08 Å². The maximum atomic E-state index is 13.1. The standard InChI is InChI=1S/C18H14ClN7O2/c19-10-1-2-11(22-7-10)5-12(21)16-15-13(23-8-24-15)3-4-26(16)18(27)17-14(6-20)25-9-28-17/h1-2,5,7-9,16H,3-4,21H2,(H,23,24)/b12-5-. The molecular weight excluding hydrogens is 382 g/mol. The molecule has 9 nitrogen and oxygen atoms in total. The molecule has 3 N–H and O–H groups in total. The van der Waals surface area contributed by atoms with E-state index in [0.717, 1.165) is 12.1 Å². The molecule has 3 aromatic rings. The van der Waals surface area contributed by atoms with Gasteiger partial charge in [-0.05, 0) is 18.2 Å². The van der Waals surface area contributed by atoms with Crippen molar-refractivity contribution in [3.63, 3.8) is 0 Å². The van der Waals surface area contributed by atoms with E-state index >= 15 is 0 Å². The first-order chi connectivity index (χ1) is 13.6. The monoisotopic (exact) mass is 395 g/mol. The van der Waals surface area contributed by atoms with Crippen LogP contribution in [-0.2, 0) is 6.42 Å². The van der Waals surface area contributed by atoms with Crippen LogP contribution in [0.3, 0.4) is 0 Å². The number of H-pyrrole nitrogens is 1. The zero-order chi connectivity index (χ0) is 19.7. The van der Waals surface area contributed by atoms with Gasteiger partial charge in [-0.1, -0.05) is 11.6 Å². The van der Waals surface area contributed by atoms with Gasteiger partial charge in [0.1, 0.15) is 12.1 Å². The number of imidazole rings is 1. The number of carbonyl (C=O) groups is 1. The normalized spacial score (nSPS) is 16.5. The van der Waals surface area contributed by atoms with Gasteiger partial charge in [-0.3, -0.25) is 9.78 Å². The number of nitrogens with two attached hydrogens (primary N) is 1. The van der Waals surface area contributed by atoms with E-state index in [1.807, 2.05) is 6.07 Å². The number of hydrogen-bond donors (Lipinski definition) is 2. The molecule has 1 aliphatic rings. The molecule has 0 saturated heterocycles. The zero-order valence-corrected chi connectivity index (χ0v) is 15.2. The van der Waals surface area contributed by atoms with Crippen molar-refractivity contribution in [2.24, 2.45) is 5.73 Å². The van der Waals surface area contributed by atoms with E-state index in [0.29, 0.717) is 35.1 Å². The van der Waals surface area contributed by atoms with Gasteiger partial charge in [0.15, 0.2) is 12.1 Å². The van der Waals surface area contributed by atoms with E-state index < -0.39 is 11.9 Å². The van der Waals surface area contributed by atoms with Gasteiger partial charge in [-0.15, -0.1) is 0 Å². The number of nitrogens with one attached hydrogen (secondary N) is 1. The second-order valence-corrected chi connectivity index (χ2v) is 6.54. The van der Waals surface area contributed by atoms with Gasteiger partial charge in [-0.2, -0.15) is 5.26 Å². The number of nitrogens with zero attached hydrogens (tertiary/aromatic N) is 5. The highest BCUT2D eigenvalue weighted by atomic mass is 35.5. The lowest BCUT2D eigenvalue weighted by atomic mass is 9.98. The first-order valence-corrected chi connectivity index (χ1v) is 8.71. The topological polar surface area (TPSA) is 138 Å². The highest BCUT2D eigenvalue weighted by Crippen LogP contribution is 2.33. The Labute approximate surface area is 164 Å². The molecule has 1 unspecified atom stereocenters. The summed E-state index contributed by atoms with van der Waals surface area (Å²) in [4.78, 5) is 30.0. The Bertz CT molecular complexity index is 1090. The van der Waals surface area contributed by atoms with Crippen LogP contribution in [0.2, 0.25) is 5.02 Å². The highest BCUT2D eigenvalue weighted by Gasteiger charge is 2.37. The number of pyridine rings is 1. The lowest BCUT2D eigenvalue weighted by molar-refractivity contribution is 0.0653. The largest absolute Gasteiger partial charge is 0.437 e. The predicted octanol–water partition coefficient (Wildman–Crippen LogP) is 2.06. The van der Waals surface area contributed by atoms with Crippen molar-refractivity contribution in [1.82, 2.24) is 24.8 Å². The predicted molar refractivity (Wildman–Crippen MR) is 98.7 cm³/mol. The Morgan fingerprint density at radius 1 is 1.43 bits per heavy atom. The minimum Gasteiger partial charge on any atom is -0.437 e. The van der Waals surface area contributed by atoms with E-state index in [2.05, 4.69) is 19.9 Å². The summed E-state index contributed by atoms with van der Waals surface area (Å²) in [5.41, 5.74) is 8.80. The molecule has 0 saturated carbocycles. The second kappa shape index (κ2) is 7.17. The minimum absolute atomic E-state index is 0.0708. The fraction of sp³-hybridized carbons (Fsp3) is 0.167. The molecule has 0 radical (unpaired) electrons. The van der Waals surface area contributed by atoms with Crippen molar-refractivity contribution in [3.8, 4) is 6.07 Å². The van der Waals surface area contributed by atoms with Crippen LogP contribution in [0.1, 0.15) is 39.4 Å². The molecule has 4 heterocycles. The smallest absolute Gasteiger partial charge is 0.293 e. The fourth-order valence-corrected chi connectivity index (χ4v) is 3.28. The molecule has 10 heteroatoms. The van der Waals surface area contributed by atoms with E-state index in [4.69, 9.17) is 27.0 Å². The molecule has 28 heavy (non-hydrogen) atoms. The van der Waals surface area contributed by atoms with Crippen LogP contribution in [0, 0.1) is 11.3 Å². The van der Waals surface area contributed by atoms with Gasteiger partial charge in [0.05, 0.1) is 22.7 Å². The average molecular weight is 396 g/mol. The van der Waals surface area contributed by atoms with Crippen LogP contribution in [0.4, 0.5) is 0 Å². The molecule has 1 amide bonds. The van der Waals surface area contributed by atoms with E-state index in [9.17, 15) is 4.79 Å². The summed E-state index contributed by atoms with van der Waals surface area (Å²) < 4.78 is 5.16. The molecular formula is C18H14ClN7O2. The molecule has 0 fully saturated rings. The zero-order valence-electron chi connectivity index (χ0n) is 14.5. The molecule has 4 rings (SSSR count). The SMILES string of the molecule is N#Cc1ncoc1C(=O)N1CCc2[nH]cnc2C1/C(N)=C/c1ccc(Cl)cn1. The number of nitriles is 1. The van der Waals surface area contributed by atoms with Crippen molar-refractivity contribution in [2.75, 3.05) is 6.54 Å². The Morgan fingerprint density at radius 2 is 2.29 bits per heavy atom. The molecule has 1 atom stereocenters. The van der Waals surface area contributed by atoms with Gasteiger partial charge in [0.2, 0.25) is 5.76 Å². The molecule has 1 aliphatic heterocycles. The number of carbonyl (C=O) groups excluding carboxylic acids is 1. The molecule has 0 bridgehead atoms. The maximum absolute atomic E-state index is 13.1. The summed E-state index contributed by atoms with van der Waals surface area (Å²) in [6, 6.07) is 4.64. The number of oxazole rings is 1. The van der Waals surface area contributed by atoms with Gasteiger partial charge in [0.25, 0.3) is 5.91 Å². The van der Waals surface area contributed by atoms with Crippen molar-refractivity contribution in [3.05, 3.63) is 70.3 Å². The Kier molecular flexibility index (Phi) is 4.55. The number of aromatic nitrogens is 4. The second-order valence-electron chi connectivity index (χ2n) is 6.10. The quantitative estimate of drug-likeness (QED) is 0.692. The van der Waals surface area contributed by atoms with Crippen LogP contribution in [0.5, 0.6) is 0 Å². The van der Waals surface area contributed by atoms with Crippen molar-refractivity contribution < 1.29 is 9.21 Å². The van der Waals surface area contributed by atoms with Crippen LogP contribution < -0.4 is 5.73 Å². The van der Waals surface area contributed by atoms with E-state index in [-0.39, 0.29) is 11.5 Å². The van der Waals surface area contributed by atoms with Gasteiger partial charge in [-0.25, -0.2) is 9.97 Å². The number of fused-ring (bicyclic) bond motifs is 1. The van der Waals surface area contributed by atoms with Gasteiger partial charge >= 0.3 is 0 Å². The Balaban J connectivity index is 1.75. The van der Waals surface area contributed by atoms with Crippen molar-refractivity contribution in [1.29, 1.82) is 5.26 Å². The molecule has 0 spiro atoms. The summed E-state index contributed by atoms with van der Waals surface area (Å²) in [5.74, 6) is -0.600. The number of amides is 1. The van der Waals surface area contributed by atoms with Gasteiger partial charge < -0.3 is 20.0 Å². The number of halogens is 1. The van der Waals surface area contributed by atoms with Gasteiger partial charge in [0, 0.05) is 30.6 Å². The first kappa shape index (κ1) is 17.8. The average Bonchev–Trinajstić information content (AvgIpc) is 3.37. The van der Waals surface area contributed by atoms with E-state index in [1.165, 1.54) is 11.1 Å². The Hall–Kier alpha value is -3.64. The summed E-state index contributed by atoms with van der Waals surface area (Å²) in [7, 11) is 0. The summed E-state index contributed by atoms with van der Waals surface area (Å²) in [6.45, 7) is 0.368. The van der Waals surface area contributed by atoms with E-state index in [1.54, 1.807) is 24.5 Å². The molecule has 140 valence electrons. The lowest BCUT2D eigenvalue weighted by Gasteiger charge is -2.34. The summed E-state index contributed by atoms with van der Waals surface area (Å²) >= 11 is 5.88. The molecule has 0 aromatic carbocycles. The fourth-order valence-electron chi connectivity index (χ4n) is 3.16. The van der Waals surface area contributed by atoms with Crippen LogP contribution >= 0.6 is 11.6 Å². The number of aromatic amines is 1. The summed E-state index contributed by atoms with van der Waals surface area (Å²) in [5, 5.41) is 9.66.